The van der Waals surface area contributed by atoms with E-state index in [2.05, 4.69) is 0 Å². The molecule has 0 atom stereocenters. The Hall–Kier alpha value is 21.0. The van der Waals surface area contributed by atoms with Gasteiger partial charge >= 0.3 is 514 Å². The molecule has 18 heteroatoms. The van der Waals surface area contributed by atoms with Crippen LogP contribution in [0.1, 0.15) is 51.4 Å². The average molecular weight is 889 g/mol. The van der Waals surface area contributed by atoms with E-state index in [1.54, 1.807) is 0 Å². The predicted molar refractivity (Wildman–Crippen MR) is 44.8 cm³/mol. The molecule has 0 N–H and O–H groups in total. The van der Waals surface area contributed by atoms with Crippen molar-refractivity contribution in [2.75, 3.05) is 0 Å². The quantitative estimate of drug-likeness (QED) is 0.213. The maximum absolute atomic E-state index is 0. The summed E-state index contributed by atoms with van der Waals surface area (Å²) >= 11 is 0. The molecule has 0 aliphatic rings. The third-order valence-electron chi connectivity index (χ3n) is 0. The second-order valence-corrected chi connectivity index (χ2v) is 0. The Morgan fingerprint density at radius 3 is 0.174 bits per heavy atom. The van der Waals surface area contributed by atoms with E-state index in [0.717, 1.165) is 0 Å². The summed E-state index contributed by atoms with van der Waals surface area (Å²) in [5.41, 5.74) is 0. The molecular weight excluding hydrogens is 859 g/mol. The summed E-state index contributed by atoms with van der Waals surface area (Å²) in [6, 6.07) is 0. The minimum atomic E-state index is 0. The van der Waals surface area contributed by atoms with Gasteiger partial charge in [0, 0.05) is 148 Å². The van der Waals surface area contributed by atoms with Gasteiger partial charge in [-0.1, -0.05) is 37.1 Å². The zero-order valence-corrected chi connectivity index (χ0v) is 56.0. The Morgan fingerprint density at radius 1 is 0.174 bits per heavy atom. The van der Waals surface area contributed by atoms with E-state index < -0.39 is 0 Å². The standard InChI is InChI=1S/5CH4.10K.8V.10H/h5*1H4;;;;;;;;;;;;;;;;;;;;;;;;;;;;/q;;;;;10*+1;;;;;;;;;10*-1. The molecule has 0 rings (SSSR count). The van der Waals surface area contributed by atoms with Crippen LogP contribution in [0.5, 0.6) is 0 Å². The van der Waals surface area contributed by atoms with Crippen LogP contribution >= 0.6 is 0 Å². The fourth-order valence-electron chi connectivity index (χ4n) is 0. The van der Waals surface area contributed by atoms with Gasteiger partial charge in [0.15, 0.2) is 0 Å². The van der Waals surface area contributed by atoms with Gasteiger partial charge in [-0.3, -0.25) is 0 Å². The molecule has 23 heavy (non-hydrogen) atoms. The monoisotopic (exact) mass is 887 g/mol. The third-order valence-corrected chi connectivity index (χ3v) is 0. The van der Waals surface area contributed by atoms with E-state index in [9.17, 15) is 0 Å². The zero-order valence-electron chi connectivity index (χ0n) is 23.6. The van der Waals surface area contributed by atoms with Gasteiger partial charge in [-0.05, 0) is 0 Å². The van der Waals surface area contributed by atoms with Crippen LogP contribution in [0.15, 0.2) is 0 Å². The Morgan fingerprint density at radius 2 is 0.174 bits per heavy atom. The summed E-state index contributed by atoms with van der Waals surface area (Å²) in [5.74, 6) is 0. The Labute approximate surface area is 686 Å². The molecule has 0 aromatic rings. The Kier molecular flexibility index (Phi) is 1380. The molecule has 0 nitrogen and oxygen atoms in total. The molecule has 100 valence electrons. The molecule has 0 fully saturated rings. The molecule has 0 amide bonds. The molecule has 0 saturated heterocycles. The third kappa shape index (κ3) is 164. The van der Waals surface area contributed by atoms with Gasteiger partial charge in [0.2, 0.25) is 0 Å². The first-order valence-electron chi connectivity index (χ1n) is 0. The maximum atomic E-state index is 0. The van der Waals surface area contributed by atoms with Crippen LogP contribution in [-0.2, 0) is 148 Å². The van der Waals surface area contributed by atoms with E-state index in [1.807, 2.05) is 0 Å². The fraction of sp³-hybridized carbons (Fsp3) is 1.00. The molecule has 0 aromatic carbocycles. The molecular formula is C5H30K10V8. The summed E-state index contributed by atoms with van der Waals surface area (Å²) < 4.78 is 0. The van der Waals surface area contributed by atoms with Gasteiger partial charge in [0.25, 0.3) is 0 Å². The Balaban J connectivity index is 0. The molecule has 0 aromatic heterocycles. The first-order chi connectivity index (χ1) is 0. The van der Waals surface area contributed by atoms with Crippen molar-refractivity contribution in [1.82, 2.24) is 0 Å². The van der Waals surface area contributed by atoms with Crippen molar-refractivity contribution in [2.45, 2.75) is 37.1 Å². The predicted octanol–water partition coefficient (Wildman–Crippen LogP) is -25.7. The molecule has 0 spiro atoms. The van der Waals surface area contributed by atoms with Gasteiger partial charge in [0.05, 0.1) is 0 Å². The fourth-order valence-corrected chi connectivity index (χ4v) is 0. The summed E-state index contributed by atoms with van der Waals surface area (Å²) in [6.07, 6.45) is 0. The molecule has 0 unspecified atom stereocenters. The minimum absolute atomic E-state index is 0. The number of hydrogen-bond acceptors (Lipinski definition) is 0. The number of rotatable bonds is 0. The van der Waals surface area contributed by atoms with Crippen LogP contribution in [-0.4, -0.2) is 0 Å². The van der Waals surface area contributed by atoms with Crippen LogP contribution in [0.3, 0.4) is 0 Å². The van der Waals surface area contributed by atoms with Crippen molar-refractivity contribution >= 4 is 0 Å². The van der Waals surface area contributed by atoms with E-state index in [-0.39, 0.29) is 714 Å². The average Bonchev–Trinajstić information content (AvgIpc) is 0. The van der Waals surface area contributed by atoms with E-state index >= 15 is 0 Å². The second kappa shape index (κ2) is 172. The van der Waals surface area contributed by atoms with Crippen molar-refractivity contribution in [3.63, 3.8) is 0 Å². The molecule has 0 aliphatic carbocycles. The van der Waals surface area contributed by atoms with E-state index in [1.165, 1.54) is 0 Å². The topological polar surface area (TPSA) is 0 Å². The summed E-state index contributed by atoms with van der Waals surface area (Å²) in [7, 11) is 0. The van der Waals surface area contributed by atoms with Crippen LogP contribution in [0.25, 0.3) is 0 Å². The molecule has 0 aliphatic heterocycles. The normalized spacial score (nSPS) is 0. The summed E-state index contributed by atoms with van der Waals surface area (Å²) in [4.78, 5) is 0. The molecule has 0 heterocycles. The van der Waals surface area contributed by atoms with E-state index in [0.29, 0.717) is 0 Å². The van der Waals surface area contributed by atoms with Gasteiger partial charge in [-0.15, -0.1) is 0 Å². The first kappa shape index (κ1) is 184. The summed E-state index contributed by atoms with van der Waals surface area (Å²) in [6.45, 7) is 0. The van der Waals surface area contributed by atoms with Gasteiger partial charge in [0.1, 0.15) is 0 Å². The van der Waals surface area contributed by atoms with Gasteiger partial charge in [-0.2, -0.15) is 0 Å². The minimum Gasteiger partial charge on any atom is -1.00 e. The maximum Gasteiger partial charge on any atom is 1.00 e. The SMILES string of the molecule is C.C.C.C.C.[H-].[H-].[H-].[H-].[H-].[H-].[H-].[H-].[H-].[H-].[K+].[K+].[K+].[K+].[K+].[K+].[K+].[K+].[K+].[K+].[V].[V].[V].[V].[V].[V].[V].[V]. The number of hydrogen-bond donors (Lipinski definition) is 0. The zero-order chi connectivity index (χ0) is 0. The van der Waals surface area contributed by atoms with Crippen LogP contribution < -0.4 is 514 Å². The largest absolute Gasteiger partial charge is 1.00 e. The van der Waals surface area contributed by atoms with Crippen molar-refractivity contribution in [3.05, 3.63) is 0 Å². The van der Waals surface area contributed by atoms with Crippen molar-refractivity contribution < 1.29 is 677 Å². The van der Waals surface area contributed by atoms with Crippen molar-refractivity contribution in [1.29, 1.82) is 0 Å². The summed E-state index contributed by atoms with van der Waals surface area (Å²) in [5, 5.41) is 0. The van der Waals surface area contributed by atoms with Crippen molar-refractivity contribution in [2.24, 2.45) is 0 Å². The van der Waals surface area contributed by atoms with Gasteiger partial charge in [-0.25, -0.2) is 0 Å². The second-order valence-electron chi connectivity index (χ2n) is 0. The van der Waals surface area contributed by atoms with E-state index in [4.69, 9.17) is 0 Å². The molecule has 8 radical (unpaired) electrons. The van der Waals surface area contributed by atoms with Crippen LogP contribution in [0, 0.1) is 0 Å². The van der Waals surface area contributed by atoms with Crippen molar-refractivity contribution in [3.8, 4) is 0 Å². The van der Waals surface area contributed by atoms with Gasteiger partial charge < -0.3 is 14.3 Å². The smallest absolute Gasteiger partial charge is 1.00 e. The van der Waals surface area contributed by atoms with Crippen LogP contribution in [0.4, 0.5) is 0 Å². The Bertz CT molecular complexity index is 64.4. The van der Waals surface area contributed by atoms with Crippen LogP contribution in [0.2, 0.25) is 0 Å². The molecule has 0 saturated carbocycles. The molecule has 0 bridgehead atoms. The first-order valence-corrected chi connectivity index (χ1v) is 0.